The molecule has 2 atom stereocenters. The zero-order chi connectivity index (χ0) is 25.5. The molecule has 4 aromatic rings. The summed E-state index contributed by atoms with van der Waals surface area (Å²) < 4.78 is 13.2. The first-order valence-electron chi connectivity index (χ1n) is 12.2. The van der Waals surface area contributed by atoms with Crippen molar-refractivity contribution >= 4 is 23.5 Å². The van der Waals surface area contributed by atoms with Crippen LogP contribution in [-0.2, 0) is 0 Å². The van der Waals surface area contributed by atoms with E-state index in [2.05, 4.69) is 35.6 Å². The molecule has 11 heteroatoms. The van der Waals surface area contributed by atoms with Crippen molar-refractivity contribution in [1.29, 1.82) is 0 Å². The number of anilines is 3. The van der Waals surface area contributed by atoms with Crippen LogP contribution in [0.1, 0.15) is 34.7 Å². The van der Waals surface area contributed by atoms with Gasteiger partial charge >= 0.3 is 0 Å². The van der Waals surface area contributed by atoms with Gasteiger partial charge in [0, 0.05) is 42.2 Å². The first-order chi connectivity index (χ1) is 17.9. The Labute approximate surface area is 213 Å². The fraction of sp³-hybridized carbons (Fsp3) is 0.308. The van der Waals surface area contributed by atoms with Gasteiger partial charge < -0.3 is 15.1 Å². The Morgan fingerprint density at radius 3 is 2.38 bits per heavy atom. The molecule has 0 aliphatic carbocycles. The van der Waals surface area contributed by atoms with Crippen LogP contribution in [0, 0.1) is 19.7 Å². The molecule has 6 rings (SSSR count). The molecule has 37 heavy (non-hydrogen) atoms. The predicted molar refractivity (Wildman–Crippen MR) is 136 cm³/mol. The van der Waals surface area contributed by atoms with Crippen molar-refractivity contribution in [3.63, 3.8) is 0 Å². The van der Waals surface area contributed by atoms with Crippen LogP contribution in [0.3, 0.4) is 0 Å². The third-order valence-electron chi connectivity index (χ3n) is 6.83. The van der Waals surface area contributed by atoms with Gasteiger partial charge in [-0.05, 0) is 63.1 Å². The van der Waals surface area contributed by atoms with Crippen molar-refractivity contribution in [2.45, 2.75) is 38.8 Å². The van der Waals surface area contributed by atoms with Gasteiger partial charge in [-0.25, -0.2) is 9.37 Å². The van der Waals surface area contributed by atoms with Gasteiger partial charge in [0.25, 0.3) is 5.91 Å². The van der Waals surface area contributed by atoms with Crippen molar-refractivity contribution in [3.05, 3.63) is 71.4 Å². The molecule has 2 bridgehead atoms. The summed E-state index contributed by atoms with van der Waals surface area (Å²) in [5, 5.41) is 18.8. The summed E-state index contributed by atoms with van der Waals surface area (Å²) in [5.74, 6) is 1.59. The molecule has 0 saturated carbocycles. The summed E-state index contributed by atoms with van der Waals surface area (Å²) in [6.07, 6.45) is 1.83. The van der Waals surface area contributed by atoms with Crippen LogP contribution in [0.5, 0.6) is 0 Å². The molecule has 2 N–H and O–H groups in total. The quantitative estimate of drug-likeness (QED) is 0.428. The Balaban J connectivity index is 1.17. The molecule has 188 valence electrons. The van der Waals surface area contributed by atoms with Crippen molar-refractivity contribution < 1.29 is 9.18 Å². The number of fused-ring (bicyclic) bond motifs is 2. The van der Waals surface area contributed by atoms with Crippen LogP contribution < -0.4 is 10.2 Å². The van der Waals surface area contributed by atoms with Crippen LogP contribution in [0.4, 0.5) is 22.0 Å². The minimum atomic E-state index is -0.311. The molecular weight excluding hydrogens is 473 g/mol. The number of aromatic nitrogens is 6. The molecular formula is C26H26FN9O. The van der Waals surface area contributed by atoms with Gasteiger partial charge in [0.05, 0.1) is 17.8 Å². The largest absolute Gasteiger partial charge is 0.337 e. The lowest BCUT2D eigenvalue weighted by Gasteiger charge is -2.41. The predicted octanol–water partition coefficient (Wildman–Crippen LogP) is 3.65. The van der Waals surface area contributed by atoms with Crippen LogP contribution in [0.25, 0.3) is 11.3 Å². The molecule has 1 aromatic carbocycles. The van der Waals surface area contributed by atoms with E-state index in [0.717, 1.165) is 29.8 Å². The number of piperazine rings is 1. The number of amides is 1. The van der Waals surface area contributed by atoms with Crippen LogP contribution in [0.2, 0.25) is 0 Å². The lowest BCUT2D eigenvalue weighted by atomic mass is 10.1. The van der Waals surface area contributed by atoms with E-state index < -0.39 is 0 Å². The zero-order valence-electron chi connectivity index (χ0n) is 20.5. The maximum Gasteiger partial charge on any atom is 0.274 e. The fourth-order valence-corrected chi connectivity index (χ4v) is 5.12. The Bertz CT molecular complexity index is 1420. The number of hydrogen-bond acceptors (Lipinski definition) is 8. The van der Waals surface area contributed by atoms with Gasteiger partial charge in [0.15, 0.2) is 11.5 Å². The maximum atomic E-state index is 13.4. The van der Waals surface area contributed by atoms with E-state index in [9.17, 15) is 9.18 Å². The summed E-state index contributed by atoms with van der Waals surface area (Å²) in [6, 6.07) is 13.4. The van der Waals surface area contributed by atoms with E-state index >= 15 is 0 Å². The molecule has 2 unspecified atom stereocenters. The summed E-state index contributed by atoms with van der Waals surface area (Å²) in [4.78, 5) is 26.9. The molecule has 0 radical (unpaired) electrons. The Kier molecular flexibility index (Phi) is 5.74. The van der Waals surface area contributed by atoms with Crippen LogP contribution >= 0.6 is 0 Å². The molecule has 10 nitrogen and oxygen atoms in total. The van der Waals surface area contributed by atoms with Crippen LogP contribution in [-0.4, -0.2) is 66.3 Å². The average Bonchev–Trinajstić information content (AvgIpc) is 3.42. The van der Waals surface area contributed by atoms with Gasteiger partial charge in [-0.1, -0.05) is 0 Å². The minimum absolute atomic E-state index is 0.0411. The van der Waals surface area contributed by atoms with E-state index in [-0.39, 0.29) is 23.8 Å². The molecule has 2 fully saturated rings. The highest BCUT2D eigenvalue weighted by Crippen LogP contribution is 2.33. The second kappa shape index (κ2) is 9.23. The average molecular weight is 500 g/mol. The third-order valence-corrected chi connectivity index (χ3v) is 6.83. The van der Waals surface area contributed by atoms with Crippen molar-refractivity contribution in [2.24, 2.45) is 0 Å². The van der Waals surface area contributed by atoms with E-state index in [4.69, 9.17) is 4.98 Å². The highest BCUT2D eigenvalue weighted by atomic mass is 19.1. The number of halogens is 1. The Morgan fingerprint density at radius 2 is 1.73 bits per heavy atom. The van der Waals surface area contributed by atoms with E-state index in [0.29, 0.717) is 42.1 Å². The molecule has 2 aliphatic rings. The van der Waals surface area contributed by atoms with Crippen molar-refractivity contribution in [1.82, 2.24) is 35.3 Å². The number of aromatic amines is 1. The first-order valence-corrected chi connectivity index (χ1v) is 12.2. The topological polar surface area (TPSA) is 116 Å². The molecule has 0 spiro atoms. The second-order valence-corrected chi connectivity index (χ2v) is 9.57. The maximum absolute atomic E-state index is 13.4. The number of hydrogen-bond donors (Lipinski definition) is 2. The summed E-state index contributed by atoms with van der Waals surface area (Å²) in [6.45, 7) is 5.17. The fourth-order valence-electron chi connectivity index (χ4n) is 5.12. The van der Waals surface area contributed by atoms with E-state index in [1.54, 1.807) is 24.3 Å². The van der Waals surface area contributed by atoms with E-state index in [1.807, 2.05) is 30.9 Å². The number of benzene rings is 1. The van der Waals surface area contributed by atoms with Gasteiger partial charge in [-0.2, -0.15) is 10.1 Å². The Hall–Kier alpha value is -4.41. The van der Waals surface area contributed by atoms with Gasteiger partial charge in [-0.3, -0.25) is 9.89 Å². The number of nitrogens with zero attached hydrogens (tertiary/aromatic N) is 7. The number of carbonyl (C=O) groups excluding carboxylic acids is 1. The monoisotopic (exact) mass is 499 g/mol. The molecule has 3 aromatic heterocycles. The van der Waals surface area contributed by atoms with Crippen molar-refractivity contribution in [3.8, 4) is 11.3 Å². The summed E-state index contributed by atoms with van der Waals surface area (Å²) in [5.41, 5.74) is 3.46. The number of aryl methyl sites for hydroxylation is 2. The first kappa shape index (κ1) is 23.0. The molecule has 2 aliphatic heterocycles. The second-order valence-electron chi connectivity index (χ2n) is 9.57. The SMILES string of the molecule is Cc1cc(Nc2cc(C)[nH]n2)nc(N2CC3CCC(C2)N3C(=O)c2ccc(-c3ccc(F)cc3)nn2)n1. The summed E-state index contributed by atoms with van der Waals surface area (Å²) >= 11 is 0. The minimum Gasteiger partial charge on any atom is -0.337 e. The third kappa shape index (κ3) is 4.59. The number of rotatable bonds is 5. The summed E-state index contributed by atoms with van der Waals surface area (Å²) in [7, 11) is 0. The van der Waals surface area contributed by atoms with Gasteiger partial charge in [-0.15, -0.1) is 10.2 Å². The van der Waals surface area contributed by atoms with E-state index in [1.165, 1.54) is 12.1 Å². The number of H-pyrrole nitrogens is 1. The van der Waals surface area contributed by atoms with Crippen molar-refractivity contribution in [2.75, 3.05) is 23.3 Å². The zero-order valence-corrected chi connectivity index (χ0v) is 20.5. The number of carbonyl (C=O) groups is 1. The molecule has 2 saturated heterocycles. The lowest BCUT2D eigenvalue weighted by Crippen LogP contribution is -2.56. The van der Waals surface area contributed by atoms with Crippen LogP contribution in [0.15, 0.2) is 48.5 Å². The normalized spacial score (nSPS) is 18.8. The lowest BCUT2D eigenvalue weighted by molar-refractivity contribution is 0.0633. The smallest absolute Gasteiger partial charge is 0.274 e. The highest BCUT2D eigenvalue weighted by Gasteiger charge is 2.44. The van der Waals surface area contributed by atoms with Gasteiger partial charge in [0.2, 0.25) is 5.95 Å². The molecule has 1 amide bonds. The number of nitrogens with one attached hydrogen (secondary N) is 2. The highest BCUT2D eigenvalue weighted by molar-refractivity contribution is 5.93. The van der Waals surface area contributed by atoms with Gasteiger partial charge in [0.1, 0.15) is 11.6 Å². The Morgan fingerprint density at radius 1 is 0.973 bits per heavy atom. The standard InChI is InChI=1S/C26H26FN9O/c1-15-11-23(29-24-12-16(2)31-34-24)30-26(28-15)35-13-19-7-8-20(14-35)36(19)25(37)22-10-9-21(32-33-22)17-3-5-18(27)6-4-17/h3-6,9-12,19-20H,7-8,13-14H2,1-2H3,(H2,28,29,30,31,34). The molecule has 5 heterocycles.